The number of nitrogens with one attached hydrogen (secondary N) is 4. The molecule has 5 heteroatoms. The van der Waals surface area contributed by atoms with E-state index < -0.39 is 0 Å². The Morgan fingerprint density at radius 3 is 2.67 bits per heavy atom. The van der Waals surface area contributed by atoms with Gasteiger partial charge in [0.15, 0.2) is 0 Å². The van der Waals surface area contributed by atoms with E-state index in [9.17, 15) is 0 Å². The van der Waals surface area contributed by atoms with Gasteiger partial charge in [-0.15, -0.1) is 5.59 Å². The summed E-state index contributed by atoms with van der Waals surface area (Å²) in [5.41, 5.74) is 11.0. The zero-order valence-electron chi connectivity index (χ0n) is 7.36. The summed E-state index contributed by atoms with van der Waals surface area (Å²) in [6.45, 7) is 1.74. The summed E-state index contributed by atoms with van der Waals surface area (Å²) < 4.78 is 0. The van der Waals surface area contributed by atoms with Crippen molar-refractivity contribution in [1.82, 2.24) is 22.1 Å². The molecule has 0 aliphatic carbocycles. The van der Waals surface area contributed by atoms with Crippen LogP contribution in [0.2, 0.25) is 0 Å². The van der Waals surface area contributed by atoms with Gasteiger partial charge in [0.1, 0.15) is 0 Å². The molecule has 0 amide bonds. The van der Waals surface area contributed by atoms with E-state index in [0.717, 1.165) is 19.6 Å². The van der Waals surface area contributed by atoms with Crippen LogP contribution >= 0.6 is 0 Å². The highest BCUT2D eigenvalue weighted by molar-refractivity contribution is 4.46. The van der Waals surface area contributed by atoms with Crippen molar-refractivity contribution < 1.29 is 4.84 Å². The fourth-order valence-electron chi connectivity index (χ4n) is 1.14. The zero-order valence-corrected chi connectivity index (χ0v) is 7.36. The first-order valence-electron chi connectivity index (χ1n) is 4.60. The van der Waals surface area contributed by atoms with Gasteiger partial charge in [-0.1, -0.05) is 19.3 Å². The molecule has 1 fully saturated rings. The molecule has 1 aliphatic rings. The molecule has 0 aromatic carbocycles. The van der Waals surface area contributed by atoms with Gasteiger partial charge in [0, 0.05) is 6.54 Å². The maximum Gasteiger partial charge on any atom is 0.0699 e. The molecule has 0 aromatic heterocycles. The van der Waals surface area contributed by atoms with Gasteiger partial charge in [-0.2, -0.15) is 11.1 Å². The van der Waals surface area contributed by atoms with Crippen molar-refractivity contribution in [2.24, 2.45) is 0 Å². The first-order chi connectivity index (χ1) is 6.00. The van der Waals surface area contributed by atoms with Crippen molar-refractivity contribution >= 4 is 0 Å². The highest BCUT2D eigenvalue weighted by Gasteiger charge is 1.93. The van der Waals surface area contributed by atoms with Crippen LogP contribution in [0.3, 0.4) is 0 Å². The van der Waals surface area contributed by atoms with Crippen LogP contribution in [0.25, 0.3) is 0 Å². The molecule has 1 heterocycles. The number of hydrazine groups is 3. The topological polar surface area (TPSA) is 57.3 Å². The zero-order chi connectivity index (χ0) is 8.49. The molecular weight excluding hydrogens is 156 g/mol. The van der Waals surface area contributed by atoms with E-state index in [1.807, 2.05) is 0 Å². The van der Waals surface area contributed by atoms with Gasteiger partial charge in [0.25, 0.3) is 0 Å². The van der Waals surface area contributed by atoms with Crippen LogP contribution in [0.4, 0.5) is 0 Å². The van der Waals surface area contributed by atoms with Gasteiger partial charge in [-0.3, -0.25) is 4.84 Å². The lowest BCUT2D eigenvalue weighted by Crippen LogP contribution is -2.50. The molecule has 1 rings (SSSR count). The third-order valence-electron chi connectivity index (χ3n) is 1.82. The molecule has 0 spiro atoms. The normalized spacial score (nSPS) is 24.0. The van der Waals surface area contributed by atoms with E-state index in [-0.39, 0.29) is 0 Å². The largest absolute Gasteiger partial charge is 0.286 e. The Kier molecular flexibility index (Phi) is 6.14. The molecule has 1 aliphatic heterocycles. The van der Waals surface area contributed by atoms with Gasteiger partial charge in [-0.05, 0) is 12.8 Å². The fourth-order valence-corrected chi connectivity index (χ4v) is 1.14. The van der Waals surface area contributed by atoms with Gasteiger partial charge in [0.05, 0.1) is 6.61 Å². The van der Waals surface area contributed by atoms with Gasteiger partial charge < -0.3 is 0 Å². The van der Waals surface area contributed by atoms with Crippen molar-refractivity contribution in [3.63, 3.8) is 0 Å². The molecule has 5 nitrogen and oxygen atoms in total. The molecule has 0 atom stereocenters. The molecule has 72 valence electrons. The molecule has 0 radical (unpaired) electrons. The Morgan fingerprint density at radius 1 is 0.833 bits per heavy atom. The third-order valence-corrected chi connectivity index (χ3v) is 1.82. The fraction of sp³-hybridized carbons (Fsp3) is 1.00. The molecule has 0 aromatic rings. The maximum atomic E-state index is 5.04. The van der Waals surface area contributed by atoms with Crippen LogP contribution in [0.5, 0.6) is 0 Å². The summed E-state index contributed by atoms with van der Waals surface area (Å²) >= 11 is 0. The lowest BCUT2D eigenvalue weighted by Gasteiger charge is -2.11. The second-order valence-corrected chi connectivity index (χ2v) is 2.90. The molecule has 4 N–H and O–H groups in total. The molecule has 0 bridgehead atoms. The van der Waals surface area contributed by atoms with Crippen LogP contribution in [0, 0.1) is 0 Å². The average Bonchev–Trinajstić information content (AvgIpc) is 2.05. The van der Waals surface area contributed by atoms with E-state index in [1.165, 1.54) is 25.7 Å². The van der Waals surface area contributed by atoms with Gasteiger partial charge >= 0.3 is 0 Å². The number of hydrogen-bond donors (Lipinski definition) is 4. The number of hydrogen-bond acceptors (Lipinski definition) is 5. The van der Waals surface area contributed by atoms with Gasteiger partial charge in [-0.25, -0.2) is 5.43 Å². The van der Waals surface area contributed by atoms with E-state index >= 15 is 0 Å². The summed E-state index contributed by atoms with van der Waals surface area (Å²) in [5.74, 6) is 0. The first kappa shape index (κ1) is 9.88. The van der Waals surface area contributed by atoms with Crippen LogP contribution in [-0.4, -0.2) is 13.2 Å². The van der Waals surface area contributed by atoms with E-state index in [0.29, 0.717) is 0 Å². The predicted molar refractivity (Wildman–Crippen MR) is 46.4 cm³/mol. The Hall–Kier alpha value is -0.200. The minimum absolute atomic E-state index is 0.759. The standard InChI is InChI=1S/C7H18N4O/c1-2-4-6-8-9-10-11-12-7-5-3-1/h8-11H,1-7H2. The SMILES string of the molecule is C1CCCNNNNOCCC1. The Morgan fingerprint density at radius 2 is 1.67 bits per heavy atom. The first-order valence-corrected chi connectivity index (χ1v) is 4.60. The lowest BCUT2D eigenvalue weighted by atomic mass is 10.1. The average molecular weight is 174 g/mol. The Balaban J connectivity index is 2.00. The van der Waals surface area contributed by atoms with Crippen LogP contribution in [0.1, 0.15) is 32.1 Å². The van der Waals surface area contributed by atoms with Crippen molar-refractivity contribution in [3.8, 4) is 0 Å². The summed E-state index contributed by atoms with van der Waals surface area (Å²) in [6, 6.07) is 0. The van der Waals surface area contributed by atoms with Crippen LogP contribution in [-0.2, 0) is 4.84 Å². The van der Waals surface area contributed by atoms with E-state index in [1.54, 1.807) is 0 Å². The molecular formula is C7H18N4O. The minimum Gasteiger partial charge on any atom is -0.286 e. The number of rotatable bonds is 0. The summed E-state index contributed by atoms with van der Waals surface area (Å²) in [4.78, 5) is 5.04. The Labute approximate surface area is 73.1 Å². The summed E-state index contributed by atoms with van der Waals surface area (Å²) in [6.07, 6.45) is 6.20. The third kappa shape index (κ3) is 5.45. The summed E-state index contributed by atoms with van der Waals surface area (Å²) in [5, 5.41) is 0. The predicted octanol–water partition coefficient (Wildman–Crippen LogP) is -0.0145. The lowest BCUT2D eigenvalue weighted by molar-refractivity contribution is -0.00701. The quantitative estimate of drug-likeness (QED) is 0.416. The maximum absolute atomic E-state index is 5.04. The molecule has 12 heavy (non-hydrogen) atoms. The monoisotopic (exact) mass is 174 g/mol. The van der Waals surface area contributed by atoms with Crippen molar-refractivity contribution in [2.75, 3.05) is 13.2 Å². The smallest absolute Gasteiger partial charge is 0.0699 e. The molecule has 1 saturated heterocycles. The van der Waals surface area contributed by atoms with Crippen LogP contribution in [0.15, 0.2) is 0 Å². The Bertz CT molecular complexity index is 58.4. The van der Waals surface area contributed by atoms with E-state index in [4.69, 9.17) is 4.84 Å². The second-order valence-electron chi connectivity index (χ2n) is 2.90. The highest BCUT2D eigenvalue weighted by atomic mass is 16.7. The molecule has 0 saturated carbocycles. The second kappa shape index (κ2) is 7.45. The highest BCUT2D eigenvalue weighted by Crippen LogP contribution is 2.01. The van der Waals surface area contributed by atoms with Crippen molar-refractivity contribution in [2.45, 2.75) is 32.1 Å². The van der Waals surface area contributed by atoms with Gasteiger partial charge in [0.2, 0.25) is 0 Å². The summed E-state index contributed by atoms with van der Waals surface area (Å²) in [7, 11) is 0. The van der Waals surface area contributed by atoms with Crippen LogP contribution < -0.4 is 22.1 Å². The minimum atomic E-state index is 0.759. The van der Waals surface area contributed by atoms with E-state index in [2.05, 4.69) is 22.1 Å². The van der Waals surface area contributed by atoms with Crippen molar-refractivity contribution in [1.29, 1.82) is 0 Å². The van der Waals surface area contributed by atoms with Crippen molar-refractivity contribution in [3.05, 3.63) is 0 Å². The molecule has 0 unspecified atom stereocenters.